The highest BCUT2D eigenvalue weighted by Crippen LogP contribution is 2.29. The van der Waals surface area contributed by atoms with Crippen molar-refractivity contribution >= 4 is 17.4 Å². The van der Waals surface area contributed by atoms with Crippen molar-refractivity contribution in [1.82, 2.24) is 0 Å². The smallest absolute Gasteiger partial charge is 0.231 e. The topological polar surface area (TPSA) is 37.4 Å². The lowest BCUT2D eigenvalue weighted by Crippen LogP contribution is -2.30. The lowest BCUT2D eigenvalue weighted by Gasteiger charge is -2.17. The second kappa shape index (κ2) is 5.76. The third kappa shape index (κ3) is 2.80. The highest BCUT2D eigenvalue weighted by Gasteiger charge is 2.25. The zero-order valence-corrected chi connectivity index (χ0v) is 12.9. The van der Waals surface area contributed by atoms with Gasteiger partial charge < -0.3 is 4.90 Å². The minimum Gasteiger partial charge on any atom is -0.312 e. The van der Waals surface area contributed by atoms with Gasteiger partial charge in [0, 0.05) is 17.8 Å². The van der Waals surface area contributed by atoms with Crippen molar-refractivity contribution in [2.75, 3.05) is 11.4 Å². The van der Waals surface area contributed by atoms with Crippen LogP contribution in [0.15, 0.2) is 42.5 Å². The summed E-state index contributed by atoms with van der Waals surface area (Å²) in [4.78, 5) is 25.9. The molecular formula is C19H19NO2. The molecule has 3 nitrogen and oxygen atoms in total. The van der Waals surface area contributed by atoms with Crippen molar-refractivity contribution in [2.24, 2.45) is 0 Å². The number of amides is 1. The molecule has 1 aliphatic rings. The maximum atomic E-state index is 12.6. The molecule has 0 saturated carbocycles. The Kier molecular flexibility index (Phi) is 3.80. The van der Waals surface area contributed by atoms with Gasteiger partial charge in [-0.15, -0.1) is 0 Å². The van der Waals surface area contributed by atoms with Gasteiger partial charge in [-0.25, -0.2) is 0 Å². The second-order valence-corrected chi connectivity index (χ2v) is 5.86. The molecule has 0 fully saturated rings. The fourth-order valence-electron chi connectivity index (χ4n) is 2.97. The van der Waals surface area contributed by atoms with Gasteiger partial charge in [0.1, 0.15) is 0 Å². The van der Waals surface area contributed by atoms with Crippen LogP contribution in [-0.4, -0.2) is 18.2 Å². The molecule has 0 radical (unpaired) electrons. The zero-order chi connectivity index (χ0) is 15.7. The van der Waals surface area contributed by atoms with Crippen molar-refractivity contribution in [3.8, 4) is 0 Å². The number of hydrogen-bond donors (Lipinski definition) is 0. The second-order valence-electron chi connectivity index (χ2n) is 5.86. The molecule has 112 valence electrons. The molecule has 0 unspecified atom stereocenters. The van der Waals surface area contributed by atoms with E-state index in [2.05, 4.69) is 0 Å². The van der Waals surface area contributed by atoms with Gasteiger partial charge in [-0.1, -0.05) is 29.8 Å². The minimum absolute atomic E-state index is 0.0623. The normalized spacial score (nSPS) is 13.1. The SMILES string of the molecule is CC(=O)c1ccc2c(c1)CCN2C(=O)Cc1cccc(C)c1. The molecule has 2 aromatic rings. The fraction of sp³-hybridized carbons (Fsp3) is 0.263. The first-order chi connectivity index (χ1) is 10.5. The Balaban J connectivity index is 1.80. The standard InChI is InChI=1S/C19H19NO2/c1-13-4-3-5-15(10-13)11-19(22)20-9-8-17-12-16(14(2)21)6-7-18(17)20/h3-7,10,12H,8-9,11H2,1-2H3. The maximum Gasteiger partial charge on any atom is 0.231 e. The van der Waals surface area contributed by atoms with E-state index in [-0.39, 0.29) is 11.7 Å². The van der Waals surface area contributed by atoms with Gasteiger partial charge in [0.25, 0.3) is 0 Å². The molecule has 22 heavy (non-hydrogen) atoms. The molecule has 1 heterocycles. The number of anilines is 1. The molecule has 0 aromatic heterocycles. The van der Waals surface area contributed by atoms with Crippen LogP contribution < -0.4 is 4.90 Å². The van der Waals surface area contributed by atoms with Crippen LogP contribution in [0.3, 0.4) is 0 Å². The number of benzene rings is 2. The third-order valence-electron chi connectivity index (χ3n) is 4.12. The quantitative estimate of drug-likeness (QED) is 0.814. The van der Waals surface area contributed by atoms with Crippen LogP contribution in [0.4, 0.5) is 5.69 Å². The van der Waals surface area contributed by atoms with E-state index >= 15 is 0 Å². The van der Waals surface area contributed by atoms with Crippen LogP contribution in [0, 0.1) is 6.92 Å². The number of ketones is 1. The monoisotopic (exact) mass is 293 g/mol. The summed E-state index contributed by atoms with van der Waals surface area (Å²) in [5, 5.41) is 0. The molecular weight excluding hydrogens is 274 g/mol. The number of aryl methyl sites for hydroxylation is 1. The number of nitrogens with zero attached hydrogens (tertiary/aromatic N) is 1. The Morgan fingerprint density at radius 2 is 1.95 bits per heavy atom. The number of rotatable bonds is 3. The largest absolute Gasteiger partial charge is 0.312 e. The van der Waals surface area contributed by atoms with E-state index in [1.165, 1.54) is 5.56 Å². The van der Waals surface area contributed by atoms with Crippen LogP contribution in [0.2, 0.25) is 0 Å². The van der Waals surface area contributed by atoms with Crippen molar-refractivity contribution in [1.29, 1.82) is 0 Å². The van der Waals surface area contributed by atoms with E-state index in [1.807, 2.05) is 48.2 Å². The van der Waals surface area contributed by atoms with E-state index < -0.39 is 0 Å². The van der Waals surface area contributed by atoms with E-state index in [0.717, 1.165) is 23.2 Å². The van der Waals surface area contributed by atoms with Crippen molar-refractivity contribution < 1.29 is 9.59 Å². The predicted octanol–water partition coefficient (Wildman–Crippen LogP) is 3.33. The molecule has 2 aromatic carbocycles. The van der Waals surface area contributed by atoms with Crippen molar-refractivity contribution in [3.05, 3.63) is 64.7 Å². The van der Waals surface area contributed by atoms with E-state index in [0.29, 0.717) is 18.5 Å². The summed E-state index contributed by atoms with van der Waals surface area (Å²) < 4.78 is 0. The first kappa shape index (κ1) is 14.5. The van der Waals surface area contributed by atoms with Crippen molar-refractivity contribution in [2.45, 2.75) is 26.7 Å². The molecule has 0 bridgehead atoms. The Bertz CT molecular complexity index is 749. The first-order valence-electron chi connectivity index (χ1n) is 7.54. The summed E-state index contributed by atoms with van der Waals surface area (Å²) in [6.07, 6.45) is 1.23. The molecule has 3 heteroatoms. The lowest BCUT2D eigenvalue weighted by atomic mass is 10.1. The van der Waals surface area contributed by atoms with Crippen molar-refractivity contribution in [3.63, 3.8) is 0 Å². The maximum absolute atomic E-state index is 12.6. The number of fused-ring (bicyclic) bond motifs is 1. The van der Waals surface area contributed by atoms with Gasteiger partial charge in [-0.05, 0) is 49.6 Å². The number of Topliss-reactive ketones (excluding diaryl/α,β-unsaturated/α-hetero) is 1. The van der Waals surface area contributed by atoms with E-state index in [4.69, 9.17) is 0 Å². The molecule has 3 rings (SSSR count). The summed E-state index contributed by atoms with van der Waals surface area (Å²) >= 11 is 0. The Hall–Kier alpha value is -2.42. The van der Waals surface area contributed by atoms with Gasteiger partial charge in [-0.3, -0.25) is 9.59 Å². The summed E-state index contributed by atoms with van der Waals surface area (Å²) in [6, 6.07) is 13.7. The van der Waals surface area contributed by atoms with Crippen LogP contribution in [-0.2, 0) is 17.6 Å². The predicted molar refractivity (Wildman–Crippen MR) is 87.4 cm³/mol. The number of hydrogen-bond acceptors (Lipinski definition) is 2. The molecule has 0 spiro atoms. The van der Waals surface area contributed by atoms with Gasteiger partial charge in [0.05, 0.1) is 6.42 Å². The van der Waals surface area contributed by atoms with Crippen LogP contribution in [0.5, 0.6) is 0 Å². The molecule has 0 N–H and O–H groups in total. The average molecular weight is 293 g/mol. The van der Waals surface area contributed by atoms with Gasteiger partial charge in [0.15, 0.2) is 5.78 Å². The van der Waals surface area contributed by atoms with Gasteiger partial charge in [-0.2, -0.15) is 0 Å². The highest BCUT2D eigenvalue weighted by atomic mass is 16.2. The average Bonchev–Trinajstić information content (AvgIpc) is 2.90. The zero-order valence-electron chi connectivity index (χ0n) is 12.9. The summed E-state index contributed by atoms with van der Waals surface area (Å²) in [5.74, 6) is 0.173. The molecule has 0 atom stereocenters. The van der Waals surface area contributed by atoms with E-state index in [9.17, 15) is 9.59 Å². The Morgan fingerprint density at radius 1 is 1.14 bits per heavy atom. The van der Waals surface area contributed by atoms with Gasteiger partial charge in [0.2, 0.25) is 5.91 Å². The molecule has 1 aliphatic heterocycles. The first-order valence-corrected chi connectivity index (χ1v) is 7.54. The Morgan fingerprint density at radius 3 is 2.68 bits per heavy atom. The van der Waals surface area contributed by atoms with Gasteiger partial charge >= 0.3 is 0 Å². The summed E-state index contributed by atoms with van der Waals surface area (Å²) in [5.41, 5.74) is 4.96. The molecule has 0 saturated heterocycles. The minimum atomic E-state index is 0.0623. The van der Waals surface area contributed by atoms with Crippen LogP contribution in [0.25, 0.3) is 0 Å². The van der Waals surface area contributed by atoms with Crippen LogP contribution in [0.1, 0.15) is 34.0 Å². The number of carbonyl (C=O) groups is 2. The molecule has 1 amide bonds. The summed E-state index contributed by atoms with van der Waals surface area (Å²) in [6.45, 7) is 4.29. The lowest BCUT2D eigenvalue weighted by molar-refractivity contribution is -0.117. The highest BCUT2D eigenvalue weighted by molar-refractivity contribution is 5.99. The Labute approximate surface area is 130 Å². The molecule has 0 aliphatic carbocycles. The summed E-state index contributed by atoms with van der Waals surface area (Å²) in [7, 11) is 0. The third-order valence-corrected chi connectivity index (χ3v) is 4.12. The van der Waals surface area contributed by atoms with E-state index in [1.54, 1.807) is 13.0 Å². The number of carbonyl (C=O) groups excluding carboxylic acids is 2. The fourth-order valence-corrected chi connectivity index (χ4v) is 2.97. The van der Waals surface area contributed by atoms with Crippen LogP contribution >= 0.6 is 0 Å².